The van der Waals surface area contributed by atoms with Crippen LogP contribution in [0.25, 0.3) is 0 Å². The van der Waals surface area contributed by atoms with Gasteiger partial charge in [-0.25, -0.2) is 4.79 Å². The Morgan fingerprint density at radius 3 is 2.48 bits per heavy atom. The summed E-state index contributed by atoms with van der Waals surface area (Å²) in [6.07, 6.45) is 6.17. The lowest BCUT2D eigenvalue weighted by Crippen LogP contribution is -2.51. The minimum Gasteiger partial charge on any atom is -0.323 e. The predicted molar refractivity (Wildman–Crippen MR) is 109 cm³/mol. The normalized spacial score (nSPS) is 23.0. The maximum atomic E-state index is 13.2. The number of amides is 3. The summed E-state index contributed by atoms with van der Waals surface area (Å²) in [5.74, 6) is -0.460. The molecule has 1 heterocycles. The van der Waals surface area contributed by atoms with Crippen molar-refractivity contribution in [1.29, 1.82) is 0 Å². The number of urea groups is 1. The summed E-state index contributed by atoms with van der Waals surface area (Å²) in [6.45, 7) is -0.202. The molecule has 3 amide bonds. The SMILES string of the molecule is O=C(CN1C(=O)NC2(CCc3ccccc3C2)C1=O)c1ccc2c(c1)CCCC2. The van der Waals surface area contributed by atoms with Crippen molar-refractivity contribution in [2.24, 2.45) is 0 Å². The Morgan fingerprint density at radius 2 is 1.66 bits per heavy atom. The molecular weight excluding hydrogens is 364 g/mol. The Bertz CT molecular complexity index is 1030. The van der Waals surface area contributed by atoms with Crippen molar-refractivity contribution in [1.82, 2.24) is 10.2 Å². The first-order chi connectivity index (χ1) is 14.1. The van der Waals surface area contributed by atoms with Gasteiger partial charge in [0.05, 0.1) is 6.54 Å². The number of imide groups is 1. The Hall–Kier alpha value is -2.95. The Morgan fingerprint density at radius 1 is 0.931 bits per heavy atom. The summed E-state index contributed by atoms with van der Waals surface area (Å²) in [4.78, 5) is 39.8. The fraction of sp³-hybridized carbons (Fsp3) is 0.375. The van der Waals surface area contributed by atoms with Gasteiger partial charge in [0.2, 0.25) is 0 Å². The number of hydrogen-bond acceptors (Lipinski definition) is 3. The van der Waals surface area contributed by atoms with Gasteiger partial charge in [-0.1, -0.05) is 36.4 Å². The van der Waals surface area contributed by atoms with Gasteiger partial charge in [0.15, 0.2) is 5.78 Å². The third kappa shape index (κ3) is 3.05. The van der Waals surface area contributed by atoms with E-state index in [0.717, 1.165) is 36.1 Å². The summed E-state index contributed by atoms with van der Waals surface area (Å²) in [6, 6.07) is 13.4. The summed E-state index contributed by atoms with van der Waals surface area (Å²) < 4.78 is 0. The molecule has 5 rings (SSSR count). The van der Waals surface area contributed by atoms with Gasteiger partial charge in [0.1, 0.15) is 5.54 Å². The Balaban J connectivity index is 1.35. The quantitative estimate of drug-likeness (QED) is 0.648. The number of rotatable bonds is 3. The molecule has 29 heavy (non-hydrogen) atoms. The number of ketones is 1. The molecule has 1 saturated heterocycles. The van der Waals surface area contributed by atoms with Gasteiger partial charge in [-0.05, 0) is 66.8 Å². The van der Waals surface area contributed by atoms with E-state index in [1.54, 1.807) is 0 Å². The number of hydrogen-bond donors (Lipinski definition) is 1. The van der Waals surface area contributed by atoms with Gasteiger partial charge in [-0.3, -0.25) is 14.5 Å². The molecule has 1 N–H and O–H groups in total. The molecule has 0 saturated carbocycles. The first kappa shape index (κ1) is 18.1. The van der Waals surface area contributed by atoms with E-state index < -0.39 is 11.6 Å². The van der Waals surface area contributed by atoms with Gasteiger partial charge in [0.25, 0.3) is 5.91 Å². The van der Waals surface area contributed by atoms with Gasteiger partial charge in [0, 0.05) is 12.0 Å². The number of benzene rings is 2. The van der Waals surface area contributed by atoms with E-state index in [1.807, 2.05) is 36.4 Å². The minimum atomic E-state index is -0.915. The molecule has 148 valence electrons. The molecule has 2 aliphatic carbocycles. The van der Waals surface area contributed by atoms with Crippen LogP contribution in [0.15, 0.2) is 42.5 Å². The van der Waals surface area contributed by atoms with Gasteiger partial charge in [-0.2, -0.15) is 0 Å². The van der Waals surface area contributed by atoms with Gasteiger partial charge >= 0.3 is 6.03 Å². The summed E-state index contributed by atoms with van der Waals surface area (Å²) in [5, 5.41) is 2.90. The molecule has 1 unspecified atom stereocenters. The van der Waals surface area contributed by atoms with Crippen LogP contribution in [0.1, 0.15) is 51.9 Å². The van der Waals surface area contributed by atoms with E-state index in [1.165, 1.54) is 23.1 Å². The molecule has 2 aromatic carbocycles. The Labute approximate surface area is 170 Å². The zero-order chi connectivity index (χ0) is 20.0. The topological polar surface area (TPSA) is 66.5 Å². The number of aryl methyl sites for hydroxylation is 3. The molecule has 1 fully saturated rings. The molecule has 5 heteroatoms. The average Bonchev–Trinajstić information content (AvgIpc) is 2.97. The number of carbonyl (C=O) groups excluding carboxylic acids is 3. The first-order valence-electron chi connectivity index (χ1n) is 10.4. The summed E-state index contributed by atoms with van der Waals surface area (Å²) in [7, 11) is 0. The highest BCUT2D eigenvalue weighted by Crippen LogP contribution is 2.33. The second-order valence-electron chi connectivity index (χ2n) is 8.46. The van der Waals surface area contributed by atoms with E-state index in [4.69, 9.17) is 0 Å². The van der Waals surface area contributed by atoms with Crippen LogP contribution in [0.3, 0.4) is 0 Å². The van der Waals surface area contributed by atoms with Crippen molar-refractivity contribution in [3.05, 3.63) is 70.3 Å². The van der Waals surface area contributed by atoms with Crippen molar-refractivity contribution in [3.8, 4) is 0 Å². The number of nitrogens with zero attached hydrogens (tertiary/aromatic N) is 1. The molecule has 1 aliphatic heterocycles. The highest BCUT2D eigenvalue weighted by Gasteiger charge is 2.52. The molecule has 5 nitrogen and oxygen atoms in total. The lowest BCUT2D eigenvalue weighted by atomic mass is 9.78. The molecular formula is C24H24N2O3. The number of carbonyl (C=O) groups is 3. The highest BCUT2D eigenvalue weighted by atomic mass is 16.2. The smallest absolute Gasteiger partial charge is 0.323 e. The highest BCUT2D eigenvalue weighted by molar-refractivity contribution is 6.11. The van der Waals surface area contributed by atoms with E-state index in [-0.39, 0.29) is 18.2 Å². The third-order valence-corrected chi connectivity index (χ3v) is 6.65. The molecule has 0 bridgehead atoms. The maximum absolute atomic E-state index is 13.2. The molecule has 0 radical (unpaired) electrons. The van der Waals surface area contributed by atoms with Crippen molar-refractivity contribution >= 4 is 17.7 Å². The third-order valence-electron chi connectivity index (χ3n) is 6.65. The van der Waals surface area contributed by atoms with Gasteiger partial charge < -0.3 is 5.32 Å². The Kier molecular flexibility index (Phi) is 4.26. The lowest BCUT2D eigenvalue weighted by Gasteiger charge is -2.32. The second kappa shape index (κ2) is 6.83. The first-order valence-corrected chi connectivity index (χ1v) is 10.4. The van der Waals surface area contributed by atoms with Crippen LogP contribution in [0.5, 0.6) is 0 Å². The van der Waals surface area contributed by atoms with E-state index in [2.05, 4.69) is 11.4 Å². The second-order valence-corrected chi connectivity index (χ2v) is 8.46. The fourth-order valence-electron chi connectivity index (χ4n) is 4.99. The molecule has 1 spiro atoms. The predicted octanol–water partition coefficient (Wildman–Crippen LogP) is 3.23. The lowest BCUT2D eigenvalue weighted by molar-refractivity contribution is -0.131. The van der Waals surface area contributed by atoms with Crippen LogP contribution in [0.4, 0.5) is 4.79 Å². The fourth-order valence-corrected chi connectivity index (χ4v) is 4.99. The largest absolute Gasteiger partial charge is 0.325 e. The summed E-state index contributed by atoms with van der Waals surface area (Å²) in [5.41, 5.74) is 4.52. The zero-order valence-corrected chi connectivity index (χ0v) is 16.4. The van der Waals surface area contributed by atoms with Crippen LogP contribution in [0.2, 0.25) is 0 Å². The number of nitrogens with one attached hydrogen (secondary N) is 1. The van der Waals surface area contributed by atoms with Crippen molar-refractivity contribution in [2.75, 3.05) is 6.54 Å². The van der Waals surface area contributed by atoms with Crippen LogP contribution < -0.4 is 5.32 Å². The van der Waals surface area contributed by atoms with E-state index in [9.17, 15) is 14.4 Å². The van der Waals surface area contributed by atoms with Crippen LogP contribution in [-0.2, 0) is 30.5 Å². The summed E-state index contributed by atoms with van der Waals surface area (Å²) >= 11 is 0. The van der Waals surface area contributed by atoms with Crippen molar-refractivity contribution in [2.45, 2.75) is 50.5 Å². The molecule has 3 aliphatic rings. The van der Waals surface area contributed by atoms with Crippen LogP contribution >= 0.6 is 0 Å². The van der Waals surface area contributed by atoms with E-state index in [0.29, 0.717) is 18.4 Å². The van der Waals surface area contributed by atoms with Crippen molar-refractivity contribution < 1.29 is 14.4 Å². The number of fused-ring (bicyclic) bond motifs is 2. The standard InChI is InChI=1S/C24H24N2O3/c27-21(19-10-9-16-5-1-3-7-18(16)13-19)15-26-22(28)24(25-23(26)29)12-11-17-6-2-4-8-20(17)14-24/h2,4,6,8-10,13H,1,3,5,7,11-12,14-15H2,(H,25,29). The van der Waals surface area contributed by atoms with Gasteiger partial charge in [-0.15, -0.1) is 0 Å². The maximum Gasteiger partial charge on any atom is 0.325 e. The average molecular weight is 388 g/mol. The molecule has 2 aromatic rings. The molecule has 0 aromatic heterocycles. The van der Waals surface area contributed by atoms with Crippen LogP contribution in [0, 0.1) is 0 Å². The van der Waals surface area contributed by atoms with Crippen LogP contribution in [-0.4, -0.2) is 34.7 Å². The number of Topliss-reactive ketones (excluding diaryl/α,β-unsaturated/α-hetero) is 1. The monoisotopic (exact) mass is 388 g/mol. The minimum absolute atomic E-state index is 0.185. The van der Waals surface area contributed by atoms with E-state index >= 15 is 0 Å². The molecule has 1 atom stereocenters. The van der Waals surface area contributed by atoms with Crippen molar-refractivity contribution in [3.63, 3.8) is 0 Å². The zero-order valence-electron chi connectivity index (χ0n) is 16.4.